The van der Waals surface area contributed by atoms with E-state index >= 15 is 0 Å². The van der Waals surface area contributed by atoms with E-state index in [1.54, 1.807) is 6.92 Å². The number of halogens is 3. The first kappa shape index (κ1) is 18.2. The van der Waals surface area contributed by atoms with E-state index in [1.165, 1.54) is 23.1 Å². The van der Waals surface area contributed by atoms with E-state index in [-0.39, 0.29) is 12.2 Å². The topological polar surface area (TPSA) is 55.1 Å². The molecule has 0 unspecified atom stereocenters. The lowest BCUT2D eigenvalue weighted by atomic mass is 10.2. The summed E-state index contributed by atoms with van der Waals surface area (Å²) in [5, 5.41) is 3.86. The van der Waals surface area contributed by atoms with Crippen LogP contribution in [0.2, 0.25) is 0 Å². The van der Waals surface area contributed by atoms with Gasteiger partial charge in [0.1, 0.15) is 5.00 Å². The van der Waals surface area contributed by atoms with Gasteiger partial charge in [0.25, 0.3) is 0 Å². The summed E-state index contributed by atoms with van der Waals surface area (Å²) in [6.07, 6.45) is -2.12. The lowest BCUT2D eigenvalue weighted by molar-refractivity contribution is -0.135. The number of anilines is 2. The number of alkyl halides is 3. The van der Waals surface area contributed by atoms with Crippen LogP contribution in [0.15, 0.2) is 4.90 Å². The molecule has 0 atom stereocenters. The van der Waals surface area contributed by atoms with Crippen molar-refractivity contribution in [2.45, 2.75) is 43.7 Å². The number of unbranched alkanes of at least 4 members (excludes halogenated alkanes) is 1. The Morgan fingerprint density at radius 1 is 1.38 bits per heavy atom. The van der Waals surface area contributed by atoms with Crippen LogP contribution in [0.5, 0.6) is 0 Å². The summed E-state index contributed by atoms with van der Waals surface area (Å²) in [6, 6.07) is 0. The molecule has 0 saturated carbocycles. The van der Waals surface area contributed by atoms with Gasteiger partial charge in [-0.1, -0.05) is 6.92 Å². The van der Waals surface area contributed by atoms with Gasteiger partial charge in [0.05, 0.1) is 15.5 Å². The fraction of sp³-hybridized carbons (Fsp3) is 0.615. The normalized spacial score (nSPS) is 11.7. The number of thiophene rings is 1. The average Bonchev–Trinajstić information content (AvgIpc) is 2.72. The summed E-state index contributed by atoms with van der Waals surface area (Å²) in [6.45, 7) is 2.20. The quantitative estimate of drug-likeness (QED) is 0.406. The van der Waals surface area contributed by atoms with Crippen LogP contribution in [-0.2, 0) is 0 Å². The van der Waals surface area contributed by atoms with E-state index in [0.29, 0.717) is 30.0 Å². The summed E-state index contributed by atoms with van der Waals surface area (Å²) in [5.41, 5.74) is 6.43. The Labute approximate surface area is 130 Å². The number of Topliss-reactive ketones (excluding diaryl/α,β-unsaturated/α-hetero) is 1. The molecule has 1 rings (SSSR count). The lowest BCUT2D eigenvalue weighted by Gasteiger charge is -2.08. The molecule has 3 N–H and O–H groups in total. The molecule has 0 amide bonds. The smallest absolute Gasteiger partial charge is 0.389 e. The first-order valence-electron chi connectivity index (χ1n) is 6.60. The van der Waals surface area contributed by atoms with Crippen LogP contribution in [0.25, 0.3) is 0 Å². The van der Waals surface area contributed by atoms with Crippen molar-refractivity contribution >= 4 is 39.6 Å². The Bertz CT molecular complexity index is 486. The van der Waals surface area contributed by atoms with Gasteiger partial charge in [0.15, 0.2) is 5.78 Å². The Morgan fingerprint density at radius 2 is 2.05 bits per heavy atom. The predicted molar refractivity (Wildman–Crippen MR) is 83.5 cm³/mol. The van der Waals surface area contributed by atoms with Crippen molar-refractivity contribution in [3.05, 3.63) is 4.88 Å². The number of hydrogen-bond acceptors (Lipinski definition) is 5. The second-order valence-electron chi connectivity index (χ2n) is 4.48. The van der Waals surface area contributed by atoms with Crippen molar-refractivity contribution in [1.29, 1.82) is 0 Å². The van der Waals surface area contributed by atoms with Crippen molar-refractivity contribution in [2.75, 3.05) is 23.9 Å². The molecule has 3 nitrogen and oxygen atoms in total. The molecule has 1 aromatic heterocycles. The maximum atomic E-state index is 12.0. The molecule has 0 fully saturated rings. The second kappa shape index (κ2) is 7.93. The second-order valence-corrected chi connectivity index (χ2v) is 6.32. The number of nitrogens with two attached hydrogens (primary N) is 1. The zero-order chi connectivity index (χ0) is 16.0. The number of nitrogens with one attached hydrogen (secondary N) is 1. The van der Waals surface area contributed by atoms with Gasteiger partial charge in [-0.3, -0.25) is 4.79 Å². The van der Waals surface area contributed by atoms with E-state index < -0.39 is 12.6 Å². The standard InChI is InChI=1S/C13H19F3N2OS2/c1-3-8(19)10-9(17)11(20-2)12(21-10)18-7-5-4-6-13(14,15)16/h18H,3-7,17H2,1-2H3. The van der Waals surface area contributed by atoms with E-state index in [9.17, 15) is 18.0 Å². The zero-order valence-corrected chi connectivity index (χ0v) is 13.6. The van der Waals surface area contributed by atoms with E-state index in [2.05, 4.69) is 5.32 Å². The Balaban J connectivity index is 2.61. The van der Waals surface area contributed by atoms with Crippen LogP contribution in [0, 0.1) is 0 Å². The lowest BCUT2D eigenvalue weighted by Crippen LogP contribution is -2.08. The average molecular weight is 340 g/mol. The van der Waals surface area contributed by atoms with Crippen molar-refractivity contribution in [1.82, 2.24) is 0 Å². The molecule has 0 bridgehead atoms. The molecular weight excluding hydrogens is 321 g/mol. The van der Waals surface area contributed by atoms with Crippen LogP contribution in [0.4, 0.5) is 23.9 Å². The summed E-state index contributed by atoms with van der Waals surface area (Å²) in [7, 11) is 0. The molecule has 120 valence electrons. The highest BCUT2D eigenvalue weighted by atomic mass is 32.2. The van der Waals surface area contributed by atoms with Crippen LogP contribution in [0.1, 0.15) is 42.3 Å². The largest absolute Gasteiger partial charge is 0.396 e. The van der Waals surface area contributed by atoms with Gasteiger partial charge in [-0.15, -0.1) is 23.1 Å². The third-order valence-corrected chi connectivity index (χ3v) is 5.02. The summed E-state index contributed by atoms with van der Waals surface area (Å²) < 4.78 is 36.1. The molecular formula is C13H19F3N2OS2. The minimum absolute atomic E-state index is 0.0158. The van der Waals surface area contributed by atoms with Crippen molar-refractivity contribution in [2.24, 2.45) is 0 Å². The summed E-state index contributed by atoms with van der Waals surface area (Å²) in [5.74, 6) is -0.0158. The van der Waals surface area contributed by atoms with E-state index in [1.807, 2.05) is 6.26 Å². The van der Waals surface area contributed by atoms with Crippen LogP contribution >= 0.6 is 23.1 Å². The number of hydrogen-bond donors (Lipinski definition) is 2. The number of nitrogen functional groups attached to an aromatic ring is 1. The van der Waals surface area contributed by atoms with Crippen molar-refractivity contribution in [3.8, 4) is 0 Å². The zero-order valence-electron chi connectivity index (χ0n) is 12.0. The maximum absolute atomic E-state index is 12.0. The van der Waals surface area contributed by atoms with Gasteiger partial charge < -0.3 is 11.1 Å². The molecule has 8 heteroatoms. The van der Waals surface area contributed by atoms with Gasteiger partial charge in [0.2, 0.25) is 0 Å². The fourth-order valence-corrected chi connectivity index (χ4v) is 3.84. The molecule has 1 aromatic rings. The molecule has 0 saturated heterocycles. The van der Waals surface area contributed by atoms with Crippen LogP contribution in [-0.4, -0.2) is 24.8 Å². The number of ketones is 1. The molecule has 1 heterocycles. The first-order chi connectivity index (χ1) is 9.80. The maximum Gasteiger partial charge on any atom is 0.389 e. The Kier molecular flexibility index (Phi) is 6.86. The van der Waals surface area contributed by atoms with Gasteiger partial charge in [-0.05, 0) is 19.1 Å². The van der Waals surface area contributed by atoms with Gasteiger partial charge in [-0.25, -0.2) is 0 Å². The Hall–Kier alpha value is -0.890. The van der Waals surface area contributed by atoms with Gasteiger partial charge in [0, 0.05) is 19.4 Å². The minimum Gasteiger partial charge on any atom is -0.396 e. The van der Waals surface area contributed by atoms with Crippen molar-refractivity contribution < 1.29 is 18.0 Å². The molecule has 0 aromatic carbocycles. The molecule has 21 heavy (non-hydrogen) atoms. The number of carbonyl (C=O) groups is 1. The van der Waals surface area contributed by atoms with E-state index in [0.717, 1.165) is 9.90 Å². The minimum atomic E-state index is -4.10. The van der Waals surface area contributed by atoms with Gasteiger partial charge >= 0.3 is 6.18 Å². The third kappa shape index (κ3) is 5.43. The highest BCUT2D eigenvalue weighted by Crippen LogP contribution is 2.42. The molecule has 0 aliphatic heterocycles. The highest BCUT2D eigenvalue weighted by molar-refractivity contribution is 7.99. The first-order valence-corrected chi connectivity index (χ1v) is 8.64. The SMILES string of the molecule is CCC(=O)c1sc(NCCCCC(F)(F)F)c(SC)c1N. The predicted octanol–water partition coefficient (Wildman–Crippen LogP) is 4.79. The van der Waals surface area contributed by atoms with Crippen LogP contribution < -0.4 is 11.1 Å². The summed E-state index contributed by atoms with van der Waals surface area (Å²) >= 11 is 2.71. The van der Waals surface area contributed by atoms with Crippen LogP contribution in [0.3, 0.4) is 0 Å². The molecule has 0 aliphatic rings. The molecule has 0 spiro atoms. The fourth-order valence-electron chi connectivity index (χ4n) is 1.77. The third-order valence-electron chi connectivity index (χ3n) is 2.85. The number of carbonyl (C=O) groups excluding carboxylic acids is 1. The number of thioether (sulfide) groups is 1. The van der Waals surface area contributed by atoms with Crippen molar-refractivity contribution in [3.63, 3.8) is 0 Å². The van der Waals surface area contributed by atoms with E-state index in [4.69, 9.17) is 5.73 Å². The molecule has 0 aliphatic carbocycles. The Morgan fingerprint density at radius 3 is 2.57 bits per heavy atom. The highest BCUT2D eigenvalue weighted by Gasteiger charge is 2.26. The number of rotatable bonds is 8. The summed E-state index contributed by atoms with van der Waals surface area (Å²) in [4.78, 5) is 13.1. The van der Waals surface area contributed by atoms with Gasteiger partial charge in [-0.2, -0.15) is 13.2 Å². The molecule has 0 radical (unpaired) electrons. The monoisotopic (exact) mass is 340 g/mol.